The topological polar surface area (TPSA) is 84.7 Å². The molecule has 0 saturated carbocycles. The van der Waals surface area contributed by atoms with E-state index in [1.54, 1.807) is 16.7 Å². The number of hydrogen-bond donors (Lipinski definition) is 2. The Morgan fingerprint density at radius 2 is 2.05 bits per heavy atom. The Hall–Kier alpha value is -0.790. The molecule has 20 heavy (non-hydrogen) atoms. The van der Waals surface area contributed by atoms with E-state index in [1.807, 2.05) is 13.2 Å². The Labute approximate surface area is 124 Å². The third kappa shape index (κ3) is 5.30. The first-order chi connectivity index (χ1) is 9.60. The second-order valence-electron chi connectivity index (χ2n) is 4.80. The first-order valence-electron chi connectivity index (χ1n) is 7.01. The van der Waals surface area contributed by atoms with Gasteiger partial charge in [-0.2, -0.15) is 11.8 Å². The predicted octanol–water partition coefficient (Wildman–Crippen LogP) is -0.180. The van der Waals surface area contributed by atoms with Crippen molar-refractivity contribution >= 4 is 23.6 Å². The van der Waals surface area contributed by atoms with Crippen molar-refractivity contribution in [1.29, 1.82) is 0 Å². The van der Waals surface area contributed by atoms with Gasteiger partial charge in [0.05, 0.1) is 19.3 Å². The van der Waals surface area contributed by atoms with Crippen LogP contribution in [0.15, 0.2) is 0 Å². The minimum absolute atomic E-state index is 0.0405. The van der Waals surface area contributed by atoms with Gasteiger partial charge < -0.3 is 20.7 Å². The van der Waals surface area contributed by atoms with E-state index in [2.05, 4.69) is 5.32 Å². The molecule has 1 aliphatic rings. The minimum Gasteiger partial charge on any atom is -0.378 e. The monoisotopic (exact) mass is 303 g/mol. The van der Waals surface area contributed by atoms with Gasteiger partial charge in [-0.25, -0.2) is 0 Å². The fourth-order valence-corrected chi connectivity index (χ4v) is 2.49. The molecule has 6 nitrogen and oxygen atoms in total. The smallest absolute Gasteiger partial charge is 0.245 e. The number of morpholine rings is 1. The molecular weight excluding hydrogens is 278 g/mol. The van der Waals surface area contributed by atoms with Crippen molar-refractivity contribution in [2.45, 2.75) is 31.8 Å². The van der Waals surface area contributed by atoms with Gasteiger partial charge in [-0.15, -0.1) is 0 Å². The largest absolute Gasteiger partial charge is 0.378 e. The van der Waals surface area contributed by atoms with Crippen molar-refractivity contribution in [3.63, 3.8) is 0 Å². The summed E-state index contributed by atoms with van der Waals surface area (Å²) in [5.41, 5.74) is 5.81. The molecule has 2 atom stereocenters. The Kier molecular flexibility index (Phi) is 7.94. The molecule has 2 amide bonds. The van der Waals surface area contributed by atoms with Crippen LogP contribution in [0.3, 0.4) is 0 Å². The number of nitrogens with zero attached hydrogens (tertiary/aromatic N) is 1. The summed E-state index contributed by atoms with van der Waals surface area (Å²) in [7, 11) is 0. The molecule has 0 spiro atoms. The lowest BCUT2D eigenvalue weighted by Gasteiger charge is -2.30. The fourth-order valence-electron chi connectivity index (χ4n) is 2.00. The lowest BCUT2D eigenvalue weighted by Crippen LogP contribution is -2.54. The van der Waals surface area contributed by atoms with E-state index in [4.69, 9.17) is 10.5 Å². The van der Waals surface area contributed by atoms with Crippen LogP contribution in [0.5, 0.6) is 0 Å². The highest BCUT2D eigenvalue weighted by molar-refractivity contribution is 7.98. The second kappa shape index (κ2) is 9.20. The molecule has 1 aliphatic heterocycles. The molecule has 116 valence electrons. The van der Waals surface area contributed by atoms with Gasteiger partial charge in [0.2, 0.25) is 11.8 Å². The van der Waals surface area contributed by atoms with Crippen molar-refractivity contribution in [2.75, 3.05) is 38.3 Å². The Morgan fingerprint density at radius 1 is 1.40 bits per heavy atom. The molecule has 1 saturated heterocycles. The summed E-state index contributed by atoms with van der Waals surface area (Å²) in [6.07, 6.45) is 3.16. The maximum Gasteiger partial charge on any atom is 0.245 e. The van der Waals surface area contributed by atoms with Crippen LogP contribution in [0.25, 0.3) is 0 Å². The summed E-state index contributed by atoms with van der Waals surface area (Å²) < 4.78 is 5.22. The molecule has 0 aromatic rings. The molecule has 0 aromatic heterocycles. The predicted molar refractivity (Wildman–Crippen MR) is 80.6 cm³/mol. The highest BCUT2D eigenvalue weighted by Gasteiger charge is 2.27. The highest BCUT2D eigenvalue weighted by atomic mass is 32.2. The standard InChI is InChI=1S/C13H25N3O3S/c1-3-11(13(18)16-5-7-19-8-6-16)15-12(17)10(14)4-9-20-2/h10-11H,3-9,14H2,1-2H3,(H,15,17)/t10-,11?/m0/s1. The van der Waals surface area contributed by atoms with E-state index in [1.165, 1.54) is 0 Å². The van der Waals surface area contributed by atoms with Gasteiger partial charge >= 0.3 is 0 Å². The molecule has 0 aromatic carbocycles. The van der Waals surface area contributed by atoms with E-state index < -0.39 is 12.1 Å². The quantitative estimate of drug-likeness (QED) is 0.681. The maximum absolute atomic E-state index is 12.3. The average molecular weight is 303 g/mol. The maximum atomic E-state index is 12.3. The van der Waals surface area contributed by atoms with Crippen molar-refractivity contribution in [3.05, 3.63) is 0 Å². The van der Waals surface area contributed by atoms with Crippen LogP contribution in [-0.4, -0.2) is 67.1 Å². The summed E-state index contributed by atoms with van der Waals surface area (Å²) in [5.74, 6) is 0.553. The highest BCUT2D eigenvalue weighted by Crippen LogP contribution is 2.05. The van der Waals surface area contributed by atoms with Crippen LogP contribution < -0.4 is 11.1 Å². The summed E-state index contributed by atoms with van der Waals surface area (Å²) in [6.45, 7) is 4.18. The van der Waals surface area contributed by atoms with Crippen molar-refractivity contribution in [3.8, 4) is 0 Å². The Balaban J connectivity index is 2.48. The third-order valence-electron chi connectivity index (χ3n) is 3.32. The van der Waals surface area contributed by atoms with Crippen LogP contribution in [0.4, 0.5) is 0 Å². The number of carbonyl (C=O) groups excluding carboxylic acids is 2. The van der Waals surface area contributed by atoms with E-state index >= 15 is 0 Å². The van der Waals surface area contributed by atoms with Gasteiger partial charge in [0.25, 0.3) is 0 Å². The Morgan fingerprint density at radius 3 is 2.60 bits per heavy atom. The number of rotatable bonds is 7. The molecule has 7 heteroatoms. The zero-order valence-corrected chi connectivity index (χ0v) is 13.1. The Bertz CT molecular complexity index is 322. The van der Waals surface area contributed by atoms with Crippen molar-refractivity contribution in [1.82, 2.24) is 10.2 Å². The van der Waals surface area contributed by atoms with Crippen molar-refractivity contribution in [2.24, 2.45) is 5.73 Å². The normalized spacial score (nSPS) is 18.4. The van der Waals surface area contributed by atoms with Gasteiger partial charge in [-0.1, -0.05) is 6.92 Å². The zero-order chi connectivity index (χ0) is 15.0. The fraction of sp³-hybridized carbons (Fsp3) is 0.846. The number of carbonyl (C=O) groups is 2. The second-order valence-corrected chi connectivity index (χ2v) is 5.78. The number of nitrogens with one attached hydrogen (secondary N) is 1. The van der Waals surface area contributed by atoms with E-state index in [0.29, 0.717) is 39.1 Å². The van der Waals surface area contributed by atoms with Crippen LogP contribution in [0, 0.1) is 0 Å². The molecular formula is C13H25N3O3S. The van der Waals surface area contributed by atoms with Crippen LogP contribution in [0.2, 0.25) is 0 Å². The van der Waals surface area contributed by atoms with E-state index in [0.717, 1.165) is 5.75 Å². The molecule has 0 bridgehead atoms. The first kappa shape index (κ1) is 17.3. The van der Waals surface area contributed by atoms with Crippen LogP contribution in [-0.2, 0) is 14.3 Å². The van der Waals surface area contributed by atoms with Crippen molar-refractivity contribution < 1.29 is 14.3 Å². The lowest BCUT2D eigenvalue weighted by molar-refractivity contribution is -0.140. The summed E-state index contributed by atoms with van der Waals surface area (Å²) in [6, 6.07) is -1.03. The number of thioether (sulfide) groups is 1. The molecule has 0 radical (unpaired) electrons. The van der Waals surface area contributed by atoms with Gasteiger partial charge in [-0.05, 0) is 24.9 Å². The molecule has 0 aliphatic carbocycles. The van der Waals surface area contributed by atoms with Gasteiger partial charge in [0.1, 0.15) is 6.04 Å². The lowest BCUT2D eigenvalue weighted by atomic mass is 10.1. The van der Waals surface area contributed by atoms with Crippen LogP contribution in [0.1, 0.15) is 19.8 Å². The third-order valence-corrected chi connectivity index (χ3v) is 3.96. The molecule has 3 N–H and O–H groups in total. The average Bonchev–Trinajstić information content (AvgIpc) is 2.50. The number of nitrogens with two attached hydrogens (primary N) is 1. The molecule has 1 rings (SSSR count). The number of ether oxygens (including phenoxy) is 1. The van der Waals surface area contributed by atoms with Gasteiger partial charge in [0.15, 0.2) is 0 Å². The van der Waals surface area contributed by atoms with Gasteiger partial charge in [0, 0.05) is 13.1 Å². The van der Waals surface area contributed by atoms with Gasteiger partial charge in [-0.3, -0.25) is 9.59 Å². The van der Waals surface area contributed by atoms with E-state index in [-0.39, 0.29) is 11.8 Å². The molecule has 1 fully saturated rings. The number of hydrogen-bond acceptors (Lipinski definition) is 5. The SMILES string of the molecule is CCC(NC(=O)[C@@H](N)CCSC)C(=O)N1CCOCC1. The van der Waals surface area contributed by atoms with Crippen LogP contribution >= 0.6 is 11.8 Å². The zero-order valence-electron chi connectivity index (χ0n) is 12.3. The number of amides is 2. The van der Waals surface area contributed by atoms with E-state index in [9.17, 15) is 9.59 Å². The summed E-state index contributed by atoms with van der Waals surface area (Å²) in [5, 5.41) is 2.77. The summed E-state index contributed by atoms with van der Waals surface area (Å²) in [4.78, 5) is 26.0. The first-order valence-corrected chi connectivity index (χ1v) is 8.41. The molecule has 1 heterocycles. The summed E-state index contributed by atoms with van der Waals surface area (Å²) >= 11 is 1.65. The minimum atomic E-state index is -0.547. The molecule has 1 unspecified atom stereocenters.